The van der Waals surface area contributed by atoms with Crippen molar-refractivity contribution >= 4 is 23.3 Å². The number of carbonyl (C=O) groups is 1. The van der Waals surface area contributed by atoms with Crippen LogP contribution >= 0.6 is 11.6 Å². The summed E-state index contributed by atoms with van der Waals surface area (Å²) in [5.74, 6) is 1.65. The van der Waals surface area contributed by atoms with Crippen molar-refractivity contribution in [3.63, 3.8) is 0 Å². The Morgan fingerprint density at radius 3 is 2.61 bits per heavy atom. The molecule has 1 aliphatic carbocycles. The Bertz CT molecular complexity index is 935. The molecule has 1 N–H and O–H groups in total. The minimum Gasteiger partial charge on any atom is -0.353 e. The summed E-state index contributed by atoms with van der Waals surface area (Å²) in [7, 11) is 0. The minimum atomic E-state index is -0.158. The average Bonchev–Trinajstić information content (AvgIpc) is 3.46. The Hall–Kier alpha value is -2.18. The van der Waals surface area contributed by atoms with E-state index in [-0.39, 0.29) is 17.9 Å². The van der Waals surface area contributed by atoms with E-state index in [9.17, 15) is 4.79 Å². The monoisotopic (exact) mass is 439 g/mol. The summed E-state index contributed by atoms with van der Waals surface area (Å²) in [6.07, 6.45) is 6.04. The number of amides is 1. The van der Waals surface area contributed by atoms with Crippen molar-refractivity contribution in [3.8, 4) is 0 Å². The number of aromatic nitrogens is 2. The molecule has 6 nitrogen and oxygen atoms in total. The summed E-state index contributed by atoms with van der Waals surface area (Å²) in [4.78, 5) is 27.2. The van der Waals surface area contributed by atoms with Crippen molar-refractivity contribution in [1.29, 1.82) is 0 Å². The van der Waals surface area contributed by atoms with Crippen LogP contribution in [0, 0.1) is 0 Å². The molecule has 1 amide bonds. The fourth-order valence-corrected chi connectivity index (χ4v) is 5.55. The number of nitrogens with zero attached hydrogens (tertiary/aromatic N) is 4. The van der Waals surface area contributed by atoms with Crippen molar-refractivity contribution in [2.24, 2.45) is 0 Å². The van der Waals surface area contributed by atoms with E-state index in [2.05, 4.69) is 27.1 Å². The second-order valence-electron chi connectivity index (χ2n) is 9.04. The van der Waals surface area contributed by atoms with Gasteiger partial charge in [0.1, 0.15) is 12.1 Å². The van der Waals surface area contributed by atoms with Crippen LogP contribution in [-0.2, 0) is 11.2 Å². The highest BCUT2D eigenvalue weighted by Crippen LogP contribution is 2.37. The Kier molecular flexibility index (Phi) is 5.85. The molecule has 1 aromatic carbocycles. The summed E-state index contributed by atoms with van der Waals surface area (Å²) >= 11 is 6.10. The van der Waals surface area contributed by atoms with Gasteiger partial charge in [-0.2, -0.15) is 0 Å². The zero-order valence-electron chi connectivity index (χ0n) is 18.1. The molecule has 3 heterocycles. The lowest BCUT2D eigenvalue weighted by atomic mass is 9.89. The maximum absolute atomic E-state index is 13.7. The van der Waals surface area contributed by atoms with Crippen LogP contribution < -0.4 is 10.2 Å². The first kappa shape index (κ1) is 20.7. The number of aryl methyl sites for hydroxylation is 1. The number of piperazine rings is 1. The van der Waals surface area contributed by atoms with Crippen LogP contribution in [0.25, 0.3) is 0 Å². The average molecular weight is 440 g/mol. The van der Waals surface area contributed by atoms with E-state index in [1.54, 1.807) is 6.33 Å². The van der Waals surface area contributed by atoms with Crippen molar-refractivity contribution < 1.29 is 4.79 Å². The van der Waals surface area contributed by atoms with Crippen LogP contribution in [0.2, 0.25) is 5.02 Å². The molecule has 5 rings (SSSR count). The van der Waals surface area contributed by atoms with Gasteiger partial charge < -0.3 is 15.1 Å². The van der Waals surface area contributed by atoms with E-state index in [1.807, 2.05) is 29.2 Å². The van der Waals surface area contributed by atoms with Crippen molar-refractivity contribution in [1.82, 2.24) is 20.2 Å². The lowest BCUT2D eigenvalue weighted by molar-refractivity contribution is -0.133. The highest BCUT2D eigenvalue weighted by molar-refractivity contribution is 6.30. The quantitative estimate of drug-likeness (QED) is 0.791. The number of halogens is 1. The van der Waals surface area contributed by atoms with Crippen LogP contribution in [-0.4, -0.2) is 59.5 Å². The lowest BCUT2D eigenvalue weighted by Crippen LogP contribution is -2.52. The number of nitrogens with one attached hydrogen (secondary N) is 1. The molecule has 7 heteroatoms. The molecule has 1 aromatic heterocycles. The highest BCUT2D eigenvalue weighted by Gasteiger charge is 2.36. The number of benzene rings is 1. The predicted molar refractivity (Wildman–Crippen MR) is 123 cm³/mol. The Labute approximate surface area is 189 Å². The van der Waals surface area contributed by atoms with Gasteiger partial charge in [0.2, 0.25) is 5.91 Å². The van der Waals surface area contributed by atoms with Crippen LogP contribution in [0.4, 0.5) is 5.82 Å². The van der Waals surface area contributed by atoms with Crippen LogP contribution in [0.1, 0.15) is 54.8 Å². The predicted octanol–water partition coefficient (Wildman–Crippen LogP) is 3.36. The molecule has 0 spiro atoms. The van der Waals surface area contributed by atoms with E-state index in [1.165, 1.54) is 11.3 Å². The summed E-state index contributed by atoms with van der Waals surface area (Å²) in [6, 6.07) is 7.99. The molecule has 0 saturated carbocycles. The van der Waals surface area contributed by atoms with Crippen LogP contribution in [0.5, 0.6) is 0 Å². The van der Waals surface area contributed by atoms with E-state index in [0.29, 0.717) is 10.9 Å². The number of fused-ring (bicyclic) bond motifs is 1. The number of rotatable bonds is 4. The summed E-state index contributed by atoms with van der Waals surface area (Å²) in [6.45, 7) is 6.32. The summed E-state index contributed by atoms with van der Waals surface area (Å²) in [5, 5.41) is 4.25. The van der Waals surface area contributed by atoms with Gasteiger partial charge in [-0.05, 0) is 55.8 Å². The lowest BCUT2D eigenvalue weighted by Gasteiger charge is -2.38. The SMILES string of the molecule is CC1CCc2ncnc(N3CCN(C(=O)C(c4ccc(Cl)cc4)C4CCCN4)CC3)c21. The molecule has 2 aromatic rings. The molecule has 2 saturated heterocycles. The largest absolute Gasteiger partial charge is 0.353 e. The van der Waals surface area contributed by atoms with E-state index >= 15 is 0 Å². The van der Waals surface area contributed by atoms with Crippen LogP contribution in [0.15, 0.2) is 30.6 Å². The molecule has 3 atom stereocenters. The molecule has 3 unspecified atom stereocenters. The Morgan fingerprint density at radius 2 is 1.90 bits per heavy atom. The fraction of sp³-hybridized carbons (Fsp3) is 0.542. The molecule has 0 radical (unpaired) electrons. The second-order valence-corrected chi connectivity index (χ2v) is 9.48. The molecular formula is C24H30ClN5O. The van der Waals surface area contributed by atoms with Crippen molar-refractivity contribution in [2.75, 3.05) is 37.6 Å². The van der Waals surface area contributed by atoms with Gasteiger partial charge in [-0.25, -0.2) is 9.97 Å². The number of carbonyl (C=O) groups excluding carboxylic acids is 1. The van der Waals surface area contributed by atoms with Gasteiger partial charge in [0.15, 0.2) is 0 Å². The standard InChI is InChI=1S/C24H30ClN5O/c1-16-4-9-20-21(16)23(28-15-27-20)29-11-13-30(14-12-29)24(31)22(19-3-2-10-26-19)17-5-7-18(25)8-6-17/h5-8,15-16,19,22,26H,2-4,9-14H2,1H3. The van der Waals surface area contributed by atoms with E-state index in [0.717, 1.165) is 69.8 Å². The zero-order valence-corrected chi connectivity index (χ0v) is 18.8. The molecule has 164 valence electrons. The normalized spacial score (nSPS) is 24.3. The topological polar surface area (TPSA) is 61.4 Å². The van der Waals surface area contributed by atoms with Crippen molar-refractivity contribution in [2.45, 2.75) is 50.5 Å². The third kappa shape index (κ3) is 4.03. The second kappa shape index (κ2) is 8.75. The summed E-state index contributed by atoms with van der Waals surface area (Å²) in [5.41, 5.74) is 3.57. The molecule has 3 aliphatic rings. The van der Waals surface area contributed by atoms with Gasteiger partial charge in [-0.1, -0.05) is 30.7 Å². The first-order valence-electron chi connectivity index (χ1n) is 11.5. The number of hydrogen-bond donors (Lipinski definition) is 1. The van der Waals surface area contributed by atoms with E-state index < -0.39 is 0 Å². The number of hydrogen-bond acceptors (Lipinski definition) is 5. The van der Waals surface area contributed by atoms with Crippen molar-refractivity contribution in [3.05, 3.63) is 52.4 Å². The third-order valence-electron chi connectivity index (χ3n) is 7.14. The fourth-order valence-electron chi connectivity index (χ4n) is 5.42. The third-order valence-corrected chi connectivity index (χ3v) is 7.39. The molecule has 0 bridgehead atoms. The van der Waals surface area contributed by atoms with Gasteiger partial charge in [-0.3, -0.25) is 4.79 Å². The van der Waals surface area contributed by atoms with E-state index in [4.69, 9.17) is 11.6 Å². The smallest absolute Gasteiger partial charge is 0.231 e. The molecular weight excluding hydrogens is 410 g/mol. The Balaban J connectivity index is 1.32. The van der Waals surface area contributed by atoms with Gasteiger partial charge in [-0.15, -0.1) is 0 Å². The van der Waals surface area contributed by atoms with Gasteiger partial charge in [0.05, 0.1) is 5.92 Å². The Morgan fingerprint density at radius 1 is 1.13 bits per heavy atom. The maximum Gasteiger partial charge on any atom is 0.231 e. The first-order chi connectivity index (χ1) is 15.1. The maximum atomic E-state index is 13.7. The molecule has 2 aliphatic heterocycles. The van der Waals surface area contributed by atoms with Gasteiger partial charge >= 0.3 is 0 Å². The zero-order chi connectivity index (χ0) is 21.4. The molecule has 2 fully saturated rings. The minimum absolute atomic E-state index is 0.158. The number of anilines is 1. The summed E-state index contributed by atoms with van der Waals surface area (Å²) < 4.78 is 0. The van der Waals surface area contributed by atoms with Gasteiger partial charge in [0.25, 0.3) is 0 Å². The van der Waals surface area contributed by atoms with Crippen LogP contribution in [0.3, 0.4) is 0 Å². The molecule has 31 heavy (non-hydrogen) atoms. The van der Waals surface area contributed by atoms with Gasteiger partial charge in [0, 0.05) is 48.5 Å². The first-order valence-corrected chi connectivity index (χ1v) is 11.9. The highest BCUT2D eigenvalue weighted by atomic mass is 35.5.